The SMILES string of the molecule is COc1cc(-c2[nH]c3ccc(C(=O)O)cc3c2C(C)C)cn2ncnc12. The summed E-state index contributed by atoms with van der Waals surface area (Å²) in [6.07, 6.45) is 3.37. The average Bonchev–Trinajstić information content (AvgIpc) is 3.23. The molecule has 2 N–H and O–H groups in total. The third kappa shape index (κ3) is 2.40. The van der Waals surface area contributed by atoms with Gasteiger partial charge in [0.1, 0.15) is 6.33 Å². The number of H-pyrrole nitrogens is 1. The number of carboxylic acids is 1. The van der Waals surface area contributed by atoms with E-state index in [9.17, 15) is 9.90 Å². The molecule has 3 heterocycles. The van der Waals surface area contributed by atoms with E-state index in [2.05, 4.69) is 28.9 Å². The van der Waals surface area contributed by atoms with Crippen LogP contribution in [0.3, 0.4) is 0 Å². The number of benzene rings is 1. The maximum atomic E-state index is 11.4. The highest BCUT2D eigenvalue weighted by atomic mass is 16.5. The molecule has 0 aliphatic rings. The van der Waals surface area contributed by atoms with Crippen molar-refractivity contribution in [1.82, 2.24) is 19.6 Å². The van der Waals surface area contributed by atoms with E-state index in [0.29, 0.717) is 11.4 Å². The molecule has 0 fully saturated rings. The van der Waals surface area contributed by atoms with Gasteiger partial charge in [-0.25, -0.2) is 14.3 Å². The standard InChI is InChI=1S/C19H18N4O3/c1-10(2)16-13-6-11(19(24)25)4-5-14(13)22-17(16)12-7-15(26-3)18-20-9-21-23(18)8-12/h4-10,22H,1-3H3,(H,24,25). The van der Waals surface area contributed by atoms with Crippen LogP contribution in [0, 0.1) is 0 Å². The number of nitrogens with zero attached hydrogens (tertiary/aromatic N) is 3. The summed E-state index contributed by atoms with van der Waals surface area (Å²) in [5.41, 5.74) is 4.70. The highest BCUT2D eigenvalue weighted by Gasteiger charge is 2.19. The van der Waals surface area contributed by atoms with Crippen LogP contribution in [0.2, 0.25) is 0 Å². The van der Waals surface area contributed by atoms with Crippen LogP contribution < -0.4 is 4.74 Å². The maximum Gasteiger partial charge on any atom is 0.335 e. The zero-order valence-electron chi connectivity index (χ0n) is 14.6. The smallest absolute Gasteiger partial charge is 0.335 e. The lowest BCUT2D eigenvalue weighted by molar-refractivity contribution is 0.0697. The van der Waals surface area contributed by atoms with Crippen LogP contribution in [-0.2, 0) is 0 Å². The largest absolute Gasteiger partial charge is 0.493 e. The second kappa shape index (κ2) is 5.87. The molecule has 3 aromatic heterocycles. The van der Waals surface area contributed by atoms with Crippen molar-refractivity contribution >= 4 is 22.5 Å². The zero-order chi connectivity index (χ0) is 18.4. The highest BCUT2D eigenvalue weighted by molar-refractivity contribution is 5.98. The monoisotopic (exact) mass is 350 g/mol. The molecule has 0 saturated heterocycles. The third-order valence-electron chi connectivity index (χ3n) is 4.51. The lowest BCUT2D eigenvalue weighted by atomic mass is 9.96. The van der Waals surface area contributed by atoms with Gasteiger partial charge in [-0.05, 0) is 35.7 Å². The van der Waals surface area contributed by atoms with Crippen molar-refractivity contribution in [2.75, 3.05) is 7.11 Å². The molecule has 1 aromatic carbocycles. The van der Waals surface area contributed by atoms with Gasteiger partial charge in [-0.1, -0.05) is 13.8 Å². The first-order valence-electron chi connectivity index (χ1n) is 8.26. The number of carbonyl (C=O) groups is 1. The number of hydrogen-bond acceptors (Lipinski definition) is 4. The number of aromatic amines is 1. The summed E-state index contributed by atoms with van der Waals surface area (Å²) in [6.45, 7) is 4.18. The highest BCUT2D eigenvalue weighted by Crippen LogP contribution is 2.37. The second-order valence-corrected chi connectivity index (χ2v) is 6.46. The summed E-state index contributed by atoms with van der Waals surface area (Å²) in [7, 11) is 1.60. The quantitative estimate of drug-likeness (QED) is 0.585. The number of ether oxygens (including phenoxy) is 1. The number of nitrogens with one attached hydrogen (secondary N) is 1. The molecule has 0 bridgehead atoms. The number of methoxy groups -OCH3 is 1. The van der Waals surface area contributed by atoms with Gasteiger partial charge in [0.05, 0.1) is 18.4 Å². The molecular formula is C19H18N4O3. The molecular weight excluding hydrogens is 332 g/mol. The van der Waals surface area contributed by atoms with Gasteiger partial charge >= 0.3 is 5.97 Å². The molecule has 7 nitrogen and oxygen atoms in total. The molecule has 0 atom stereocenters. The number of rotatable bonds is 4. The molecule has 132 valence electrons. The average molecular weight is 350 g/mol. The first-order chi connectivity index (χ1) is 12.5. The normalized spacial score (nSPS) is 11.5. The molecule has 7 heteroatoms. The summed E-state index contributed by atoms with van der Waals surface area (Å²) < 4.78 is 7.13. The lowest BCUT2D eigenvalue weighted by Gasteiger charge is -2.10. The van der Waals surface area contributed by atoms with Crippen LogP contribution in [0.5, 0.6) is 5.75 Å². The fraction of sp³-hybridized carbons (Fsp3) is 0.211. The van der Waals surface area contributed by atoms with Crippen LogP contribution in [0.4, 0.5) is 0 Å². The number of aromatic carboxylic acids is 1. The van der Waals surface area contributed by atoms with Gasteiger partial charge < -0.3 is 14.8 Å². The predicted octanol–water partition coefficient (Wildman–Crippen LogP) is 3.71. The van der Waals surface area contributed by atoms with Crippen LogP contribution >= 0.6 is 0 Å². The van der Waals surface area contributed by atoms with Gasteiger partial charge in [0, 0.05) is 22.7 Å². The minimum Gasteiger partial charge on any atom is -0.493 e. The molecule has 0 aliphatic carbocycles. The molecule has 0 aliphatic heterocycles. The molecule has 4 aromatic rings. The first-order valence-corrected chi connectivity index (χ1v) is 8.26. The Kier molecular flexibility index (Phi) is 3.64. The Labute approximate surface area is 149 Å². The number of carboxylic acid groups (broad SMARTS) is 1. The van der Waals surface area contributed by atoms with E-state index in [4.69, 9.17) is 4.74 Å². The Bertz CT molecular complexity index is 1140. The number of aromatic nitrogens is 4. The van der Waals surface area contributed by atoms with E-state index in [-0.39, 0.29) is 11.5 Å². The van der Waals surface area contributed by atoms with Gasteiger partial charge in [0.25, 0.3) is 0 Å². The Hall–Kier alpha value is -3.35. The van der Waals surface area contributed by atoms with E-state index in [1.54, 1.807) is 29.8 Å². The van der Waals surface area contributed by atoms with Crippen molar-refractivity contribution in [3.05, 3.63) is 47.9 Å². The molecule has 0 saturated carbocycles. The minimum absolute atomic E-state index is 0.195. The van der Waals surface area contributed by atoms with Crippen LogP contribution in [0.15, 0.2) is 36.8 Å². The van der Waals surface area contributed by atoms with Crippen molar-refractivity contribution in [1.29, 1.82) is 0 Å². The van der Waals surface area contributed by atoms with Gasteiger partial charge in [-0.15, -0.1) is 0 Å². The van der Waals surface area contributed by atoms with Gasteiger partial charge in [-0.3, -0.25) is 0 Å². The van der Waals surface area contributed by atoms with Gasteiger partial charge in [0.15, 0.2) is 11.4 Å². The summed E-state index contributed by atoms with van der Waals surface area (Å²) >= 11 is 0. The topological polar surface area (TPSA) is 92.5 Å². The van der Waals surface area contributed by atoms with Crippen molar-refractivity contribution in [3.63, 3.8) is 0 Å². The maximum absolute atomic E-state index is 11.4. The number of pyridine rings is 1. The Morgan fingerprint density at radius 2 is 2.12 bits per heavy atom. The van der Waals surface area contributed by atoms with Crippen LogP contribution in [0.25, 0.3) is 27.8 Å². The summed E-state index contributed by atoms with van der Waals surface area (Å²) in [4.78, 5) is 19.0. The predicted molar refractivity (Wildman–Crippen MR) is 97.9 cm³/mol. The van der Waals surface area contributed by atoms with E-state index >= 15 is 0 Å². The summed E-state index contributed by atoms with van der Waals surface area (Å²) in [6, 6.07) is 7.05. The third-order valence-corrected chi connectivity index (χ3v) is 4.51. The molecule has 26 heavy (non-hydrogen) atoms. The molecule has 0 spiro atoms. The second-order valence-electron chi connectivity index (χ2n) is 6.46. The van der Waals surface area contributed by atoms with E-state index in [1.165, 1.54) is 6.33 Å². The van der Waals surface area contributed by atoms with Gasteiger partial charge in [-0.2, -0.15) is 5.10 Å². The molecule has 0 radical (unpaired) electrons. The van der Waals surface area contributed by atoms with Crippen molar-refractivity contribution < 1.29 is 14.6 Å². The van der Waals surface area contributed by atoms with Crippen LogP contribution in [0.1, 0.15) is 35.7 Å². The summed E-state index contributed by atoms with van der Waals surface area (Å²) in [5.74, 6) is -0.116. The summed E-state index contributed by atoms with van der Waals surface area (Å²) in [5, 5.41) is 14.4. The van der Waals surface area contributed by atoms with Crippen molar-refractivity contribution in [3.8, 4) is 17.0 Å². The van der Waals surface area contributed by atoms with Crippen LogP contribution in [-0.4, -0.2) is 37.8 Å². The first kappa shape index (κ1) is 16.1. The van der Waals surface area contributed by atoms with E-state index in [0.717, 1.165) is 27.7 Å². The zero-order valence-corrected chi connectivity index (χ0v) is 14.6. The Morgan fingerprint density at radius 3 is 2.81 bits per heavy atom. The Morgan fingerprint density at radius 1 is 1.31 bits per heavy atom. The number of fused-ring (bicyclic) bond motifs is 2. The van der Waals surface area contributed by atoms with Gasteiger partial charge in [0.2, 0.25) is 0 Å². The fourth-order valence-electron chi connectivity index (χ4n) is 3.36. The fourth-order valence-corrected chi connectivity index (χ4v) is 3.36. The van der Waals surface area contributed by atoms with Crippen molar-refractivity contribution in [2.45, 2.75) is 19.8 Å². The Balaban J connectivity index is 2.02. The molecule has 0 amide bonds. The van der Waals surface area contributed by atoms with Crippen molar-refractivity contribution in [2.24, 2.45) is 0 Å². The van der Waals surface area contributed by atoms with E-state index < -0.39 is 5.97 Å². The minimum atomic E-state index is -0.935. The lowest BCUT2D eigenvalue weighted by Crippen LogP contribution is -1.97. The number of hydrogen-bond donors (Lipinski definition) is 2. The van der Waals surface area contributed by atoms with E-state index in [1.807, 2.05) is 12.3 Å². The molecule has 4 rings (SSSR count). The molecule has 0 unspecified atom stereocenters.